The number of halogens is 2. The summed E-state index contributed by atoms with van der Waals surface area (Å²) in [5.74, 6) is -1.08. The molecular formula is C19H17F2N3O2. The molecule has 3 aromatic rings. The number of nitrogens with one attached hydrogen (secondary N) is 1. The number of carbonyl (C=O) groups excluding carboxylic acids is 1. The molecule has 1 atom stereocenters. The lowest BCUT2D eigenvalue weighted by Gasteiger charge is -2.20. The van der Waals surface area contributed by atoms with Crippen molar-refractivity contribution in [1.82, 2.24) is 14.9 Å². The Morgan fingerprint density at radius 3 is 2.73 bits per heavy atom. The van der Waals surface area contributed by atoms with E-state index in [0.717, 1.165) is 18.2 Å². The highest BCUT2D eigenvalue weighted by Gasteiger charge is 2.23. The van der Waals surface area contributed by atoms with Crippen LogP contribution in [0.25, 0.3) is 0 Å². The zero-order valence-electron chi connectivity index (χ0n) is 14.2. The van der Waals surface area contributed by atoms with Crippen LogP contribution < -0.4 is 10.1 Å². The van der Waals surface area contributed by atoms with E-state index in [1.165, 1.54) is 7.11 Å². The van der Waals surface area contributed by atoms with Gasteiger partial charge in [-0.2, -0.15) is 0 Å². The molecular weight excluding hydrogens is 340 g/mol. The molecule has 0 fully saturated rings. The van der Waals surface area contributed by atoms with Gasteiger partial charge in [0.05, 0.1) is 12.7 Å². The van der Waals surface area contributed by atoms with Gasteiger partial charge in [0.15, 0.2) is 0 Å². The average molecular weight is 357 g/mol. The summed E-state index contributed by atoms with van der Waals surface area (Å²) in [5, 5.41) is 2.73. The van der Waals surface area contributed by atoms with Gasteiger partial charge in [0, 0.05) is 19.4 Å². The van der Waals surface area contributed by atoms with Crippen LogP contribution in [0.1, 0.15) is 27.8 Å². The first-order valence-corrected chi connectivity index (χ1v) is 7.86. The summed E-state index contributed by atoms with van der Waals surface area (Å²) in [5.41, 5.74) is 0.330. The van der Waals surface area contributed by atoms with Crippen molar-refractivity contribution in [3.05, 3.63) is 83.4 Å². The fourth-order valence-corrected chi connectivity index (χ4v) is 2.65. The van der Waals surface area contributed by atoms with E-state index in [9.17, 15) is 13.6 Å². The minimum Gasteiger partial charge on any atom is -0.497 e. The Balaban J connectivity index is 2.00. The highest BCUT2D eigenvalue weighted by atomic mass is 19.1. The van der Waals surface area contributed by atoms with Gasteiger partial charge in [-0.25, -0.2) is 13.8 Å². The van der Waals surface area contributed by atoms with Crippen LogP contribution in [0, 0.1) is 11.6 Å². The molecule has 1 N–H and O–H groups in total. The molecule has 1 amide bonds. The maximum absolute atomic E-state index is 13.9. The molecule has 1 unspecified atom stereocenters. The van der Waals surface area contributed by atoms with E-state index in [1.807, 2.05) is 0 Å². The third kappa shape index (κ3) is 3.56. The summed E-state index contributed by atoms with van der Waals surface area (Å²) in [6, 6.07) is 9.18. The molecule has 0 saturated carbocycles. The lowest BCUT2D eigenvalue weighted by molar-refractivity contribution is 0.0936. The smallest absolute Gasteiger partial charge is 0.255 e. The molecule has 3 rings (SSSR count). The Morgan fingerprint density at radius 2 is 2.04 bits per heavy atom. The molecule has 134 valence electrons. The van der Waals surface area contributed by atoms with Crippen LogP contribution >= 0.6 is 0 Å². The first-order valence-electron chi connectivity index (χ1n) is 7.86. The van der Waals surface area contributed by atoms with Crippen molar-refractivity contribution in [2.24, 2.45) is 7.05 Å². The van der Waals surface area contributed by atoms with Gasteiger partial charge in [0.1, 0.15) is 29.3 Å². The van der Waals surface area contributed by atoms with E-state index in [2.05, 4.69) is 10.3 Å². The number of nitrogens with zero attached hydrogens (tertiary/aromatic N) is 2. The van der Waals surface area contributed by atoms with Gasteiger partial charge >= 0.3 is 0 Å². The maximum atomic E-state index is 13.9. The summed E-state index contributed by atoms with van der Waals surface area (Å²) in [7, 11) is 3.32. The van der Waals surface area contributed by atoms with Crippen LogP contribution in [0.4, 0.5) is 8.78 Å². The molecule has 1 aromatic heterocycles. The lowest BCUT2D eigenvalue weighted by Crippen LogP contribution is -2.31. The van der Waals surface area contributed by atoms with Gasteiger partial charge in [0.25, 0.3) is 5.91 Å². The van der Waals surface area contributed by atoms with Crippen LogP contribution in [0.3, 0.4) is 0 Å². The van der Waals surface area contributed by atoms with Crippen molar-refractivity contribution in [2.45, 2.75) is 6.04 Å². The number of carbonyl (C=O) groups is 1. The molecule has 1 heterocycles. The molecule has 0 aliphatic rings. The topological polar surface area (TPSA) is 56.1 Å². The molecule has 0 radical (unpaired) electrons. The summed E-state index contributed by atoms with van der Waals surface area (Å²) in [6.07, 6.45) is 3.33. The zero-order valence-corrected chi connectivity index (χ0v) is 14.2. The highest BCUT2D eigenvalue weighted by Crippen LogP contribution is 2.25. The van der Waals surface area contributed by atoms with E-state index in [-0.39, 0.29) is 5.56 Å². The number of amides is 1. The van der Waals surface area contributed by atoms with Crippen LogP contribution in [0.15, 0.2) is 54.9 Å². The van der Waals surface area contributed by atoms with Crippen molar-refractivity contribution in [3.63, 3.8) is 0 Å². The van der Waals surface area contributed by atoms with E-state index >= 15 is 0 Å². The van der Waals surface area contributed by atoms with E-state index in [4.69, 9.17) is 4.74 Å². The molecule has 0 bridgehead atoms. The Kier molecular flexibility index (Phi) is 4.97. The minimum absolute atomic E-state index is 0.368. The number of methoxy groups -OCH3 is 1. The summed E-state index contributed by atoms with van der Waals surface area (Å²) in [4.78, 5) is 16.9. The number of benzene rings is 2. The van der Waals surface area contributed by atoms with Gasteiger partial charge in [-0.15, -0.1) is 0 Å². The van der Waals surface area contributed by atoms with Gasteiger partial charge in [-0.3, -0.25) is 4.79 Å². The number of ether oxygens (including phenoxy) is 1. The van der Waals surface area contributed by atoms with E-state index < -0.39 is 23.6 Å². The van der Waals surface area contributed by atoms with Crippen molar-refractivity contribution < 1.29 is 18.3 Å². The molecule has 2 aromatic carbocycles. The number of aromatic nitrogens is 2. The molecule has 0 spiro atoms. The van der Waals surface area contributed by atoms with Crippen molar-refractivity contribution in [3.8, 4) is 5.75 Å². The number of hydrogen-bond donors (Lipinski definition) is 1. The average Bonchev–Trinajstić information content (AvgIpc) is 3.07. The van der Waals surface area contributed by atoms with E-state index in [1.54, 1.807) is 48.3 Å². The number of hydrogen-bond acceptors (Lipinski definition) is 3. The second kappa shape index (κ2) is 7.35. The lowest BCUT2D eigenvalue weighted by atomic mass is 10.0. The number of imidazole rings is 1. The molecule has 0 aliphatic heterocycles. The monoisotopic (exact) mass is 357 g/mol. The fourth-order valence-electron chi connectivity index (χ4n) is 2.65. The summed E-state index contributed by atoms with van der Waals surface area (Å²) >= 11 is 0. The SMILES string of the molecule is COc1cccc(C(NC(=O)c2cc(F)ccc2F)c2nccn2C)c1. The standard InChI is InChI=1S/C19H17F2N3O2/c1-24-9-8-22-18(24)17(12-4-3-5-14(10-12)26-2)23-19(25)15-11-13(20)6-7-16(15)21/h3-11,17H,1-2H3,(H,23,25). The van der Waals surface area contributed by atoms with Crippen molar-refractivity contribution >= 4 is 5.91 Å². The molecule has 0 aliphatic carbocycles. The summed E-state index contributed by atoms with van der Waals surface area (Å²) in [6.45, 7) is 0. The Hall–Kier alpha value is -3.22. The third-order valence-electron chi connectivity index (χ3n) is 3.99. The second-order valence-corrected chi connectivity index (χ2v) is 5.70. The Bertz CT molecular complexity index is 940. The largest absolute Gasteiger partial charge is 0.497 e. The van der Waals surface area contributed by atoms with E-state index in [0.29, 0.717) is 17.1 Å². The molecule has 5 nitrogen and oxygen atoms in total. The Morgan fingerprint density at radius 1 is 1.23 bits per heavy atom. The van der Waals surface area contributed by atoms with Crippen LogP contribution in [0.2, 0.25) is 0 Å². The highest BCUT2D eigenvalue weighted by molar-refractivity contribution is 5.94. The third-order valence-corrected chi connectivity index (χ3v) is 3.99. The first kappa shape index (κ1) is 17.6. The predicted octanol–water partition coefficient (Wildman–Crippen LogP) is 3.23. The first-order chi connectivity index (χ1) is 12.5. The minimum atomic E-state index is -0.798. The fraction of sp³-hybridized carbons (Fsp3) is 0.158. The van der Waals surface area contributed by atoms with Crippen LogP contribution in [0.5, 0.6) is 5.75 Å². The second-order valence-electron chi connectivity index (χ2n) is 5.70. The van der Waals surface area contributed by atoms with Crippen LogP contribution in [-0.4, -0.2) is 22.6 Å². The number of rotatable bonds is 5. The van der Waals surface area contributed by atoms with Crippen molar-refractivity contribution in [1.29, 1.82) is 0 Å². The normalized spacial score (nSPS) is 11.8. The van der Waals surface area contributed by atoms with Crippen LogP contribution in [-0.2, 0) is 7.05 Å². The quantitative estimate of drug-likeness (QED) is 0.763. The van der Waals surface area contributed by atoms with Gasteiger partial charge in [0.2, 0.25) is 0 Å². The zero-order chi connectivity index (χ0) is 18.7. The molecule has 7 heteroatoms. The Labute approximate surface area is 149 Å². The maximum Gasteiger partial charge on any atom is 0.255 e. The predicted molar refractivity (Wildman–Crippen MR) is 91.9 cm³/mol. The number of aryl methyl sites for hydroxylation is 1. The summed E-state index contributed by atoms with van der Waals surface area (Å²) < 4.78 is 34.3. The van der Waals surface area contributed by atoms with Gasteiger partial charge in [-0.1, -0.05) is 12.1 Å². The van der Waals surface area contributed by atoms with Crippen molar-refractivity contribution in [2.75, 3.05) is 7.11 Å². The van der Waals surface area contributed by atoms with Gasteiger partial charge in [-0.05, 0) is 35.9 Å². The molecule has 26 heavy (non-hydrogen) atoms. The van der Waals surface area contributed by atoms with Gasteiger partial charge < -0.3 is 14.6 Å². The molecule has 0 saturated heterocycles.